The Labute approximate surface area is 119 Å². The molecule has 104 valence electrons. The molecular formula is C14H20ClN3O. The minimum atomic E-state index is 0.367. The number of ether oxygens (including phenoxy) is 1. The monoisotopic (exact) mass is 281 g/mol. The highest BCUT2D eigenvalue weighted by atomic mass is 35.5. The van der Waals surface area contributed by atoms with Crippen molar-refractivity contribution in [2.24, 2.45) is 0 Å². The van der Waals surface area contributed by atoms with E-state index in [0.717, 1.165) is 42.8 Å². The summed E-state index contributed by atoms with van der Waals surface area (Å²) in [5.41, 5.74) is 0.949. The molecule has 1 saturated carbocycles. The van der Waals surface area contributed by atoms with Crippen molar-refractivity contribution < 1.29 is 4.74 Å². The molecule has 1 aromatic rings. The molecule has 1 N–H and O–H groups in total. The Morgan fingerprint density at radius 3 is 3.05 bits per heavy atom. The Morgan fingerprint density at radius 2 is 2.32 bits per heavy atom. The van der Waals surface area contributed by atoms with Gasteiger partial charge in [-0.2, -0.15) is 0 Å². The highest BCUT2D eigenvalue weighted by molar-refractivity contribution is 6.31. The second-order valence-corrected chi connectivity index (χ2v) is 5.78. The predicted molar refractivity (Wildman–Crippen MR) is 76.7 cm³/mol. The molecule has 2 heterocycles. The van der Waals surface area contributed by atoms with E-state index in [1.807, 2.05) is 12.1 Å². The maximum absolute atomic E-state index is 6.23. The number of halogens is 1. The second-order valence-electron chi connectivity index (χ2n) is 5.37. The number of pyridine rings is 1. The van der Waals surface area contributed by atoms with Crippen molar-refractivity contribution in [3.05, 3.63) is 22.8 Å². The molecule has 2 aliphatic rings. The summed E-state index contributed by atoms with van der Waals surface area (Å²) in [7, 11) is 0. The van der Waals surface area contributed by atoms with E-state index in [1.165, 1.54) is 12.8 Å². The first-order chi connectivity index (χ1) is 9.24. The lowest BCUT2D eigenvalue weighted by Crippen LogP contribution is -2.44. The maximum Gasteiger partial charge on any atom is 0.129 e. The molecule has 1 aliphatic heterocycles. The second kappa shape index (κ2) is 5.65. The van der Waals surface area contributed by atoms with E-state index in [4.69, 9.17) is 21.3 Å². The minimum Gasteiger partial charge on any atom is -0.377 e. The van der Waals surface area contributed by atoms with Crippen LogP contribution in [0.1, 0.15) is 25.5 Å². The summed E-state index contributed by atoms with van der Waals surface area (Å²) in [6.07, 6.45) is 2.55. The summed E-state index contributed by atoms with van der Waals surface area (Å²) in [6, 6.07) is 5.00. The van der Waals surface area contributed by atoms with Gasteiger partial charge in [-0.1, -0.05) is 11.6 Å². The van der Waals surface area contributed by atoms with Crippen LogP contribution in [-0.4, -0.2) is 36.8 Å². The van der Waals surface area contributed by atoms with E-state index in [2.05, 4.69) is 17.1 Å². The number of morpholine rings is 1. The number of aromatic nitrogens is 1. The summed E-state index contributed by atoms with van der Waals surface area (Å²) in [5.74, 6) is 1.01. The van der Waals surface area contributed by atoms with Crippen LogP contribution in [0.25, 0.3) is 0 Å². The van der Waals surface area contributed by atoms with Crippen molar-refractivity contribution in [2.45, 2.75) is 38.4 Å². The van der Waals surface area contributed by atoms with Gasteiger partial charge in [0.15, 0.2) is 0 Å². The van der Waals surface area contributed by atoms with E-state index in [0.29, 0.717) is 12.1 Å². The van der Waals surface area contributed by atoms with Crippen LogP contribution in [-0.2, 0) is 11.3 Å². The molecule has 2 fully saturated rings. The average molecular weight is 282 g/mol. The van der Waals surface area contributed by atoms with Gasteiger partial charge in [0.25, 0.3) is 0 Å². The van der Waals surface area contributed by atoms with E-state index >= 15 is 0 Å². The summed E-state index contributed by atoms with van der Waals surface area (Å²) in [5, 5.41) is 4.21. The van der Waals surface area contributed by atoms with Crippen molar-refractivity contribution >= 4 is 17.4 Å². The van der Waals surface area contributed by atoms with Gasteiger partial charge < -0.3 is 15.0 Å². The van der Waals surface area contributed by atoms with Gasteiger partial charge in [-0.15, -0.1) is 0 Å². The number of nitrogens with zero attached hydrogens (tertiary/aromatic N) is 2. The molecule has 1 aliphatic carbocycles. The Bertz CT molecular complexity index is 450. The zero-order chi connectivity index (χ0) is 13.2. The van der Waals surface area contributed by atoms with Crippen molar-refractivity contribution in [3.63, 3.8) is 0 Å². The molecule has 0 bridgehead atoms. The highest BCUT2D eigenvalue weighted by Crippen LogP contribution is 2.24. The third-order valence-electron chi connectivity index (χ3n) is 3.70. The van der Waals surface area contributed by atoms with Crippen LogP contribution < -0.4 is 10.2 Å². The van der Waals surface area contributed by atoms with Gasteiger partial charge in [-0.05, 0) is 31.9 Å². The van der Waals surface area contributed by atoms with Crippen molar-refractivity contribution in [3.8, 4) is 0 Å². The SMILES string of the molecule is CC1COCCN1c1ccc(Cl)c(CNC2CC2)n1. The molecule has 0 spiro atoms. The summed E-state index contributed by atoms with van der Waals surface area (Å²) >= 11 is 6.23. The smallest absolute Gasteiger partial charge is 0.129 e. The number of rotatable bonds is 4. The van der Waals surface area contributed by atoms with Gasteiger partial charge in [-0.3, -0.25) is 0 Å². The number of hydrogen-bond donors (Lipinski definition) is 1. The molecule has 0 aromatic carbocycles. The first-order valence-electron chi connectivity index (χ1n) is 6.97. The van der Waals surface area contributed by atoms with Crippen molar-refractivity contribution in [1.82, 2.24) is 10.3 Å². The Kier molecular flexibility index (Phi) is 3.91. The molecule has 4 nitrogen and oxygen atoms in total. The third kappa shape index (κ3) is 3.19. The Morgan fingerprint density at radius 1 is 1.47 bits per heavy atom. The zero-order valence-corrected chi connectivity index (χ0v) is 12.0. The topological polar surface area (TPSA) is 37.4 Å². The van der Waals surface area contributed by atoms with Gasteiger partial charge in [0.05, 0.1) is 30.0 Å². The maximum atomic E-state index is 6.23. The highest BCUT2D eigenvalue weighted by Gasteiger charge is 2.23. The fraction of sp³-hybridized carbons (Fsp3) is 0.643. The standard InChI is InChI=1S/C14H20ClN3O/c1-10-9-19-7-6-18(10)14-5-4-12(15)13(17-14)8-16-11-2-3-11/h4-5,10-11,16H,2-3,6-9H2,1H3. The molecule has 5 heteroatoms. The molecule has 1 unspecified atom stereocenters. The molecule has 0 amide bonds. The fourth-order valence-electron chi connectivity index (χ4n) is 2.35. The Hall–Kier alpha value is -0.840. The largest absolute Gasteiger partial charge is 0.377 e. The van der Waals surface area contributed by atoms with Crippen molar-refractivity contribution in [1.29, 1.82) is 0 Å². The van der Waals surface area contributed by atoms with E-state index in [-0.39, 0.29) is 0 Å². The van der Waals surface area contributed by atoms with Crippen molar-refractivity contribution in [2.75, 3.05) is 24.7 Å². The fourth-order valence-corrected chi connectivity index (χ4v) is 2.52. The van der Waals surface area contributed by atoms with Crippen LogP contribution in [0.5, 0.6) is 0 Å². The van der Waals surface area contributed by atoms with Gasteiger partial charge in [0.1, 0.15) is 5.82 Å². The molecule has 1 atom stereocenters. The molecule has 3 rings (SSSR count). The normalized spacial score (nSPS) is 23.7. The van der Waals surface area contributed by atoms with Gasteiger partial charge in [-0.25, -0.2) is 4.98 Å². The third-order valence-corrected chi connectivity index (χ3v) is 4.05. The minimum absolute atomic E-state index is 0.367. The average Bonchev–Trinajstić information content (AvgIpc) is 3.23. The first-order valence-corrected chi connectivity index (χ1v) is 7.35. The number of nitrogens with one attached hydrogen (secondary N) is 1. The van der Waals surface area contributed by atoms with E-state index in [9.17, 15) is 0 Å². The van der Waals surface area contributed by atoms with Crippen LogP contribution in [0.3, 0.4) is 0 Å². The zero-order valence-electron chi connectivity index (χ0n) is 11.2. The summed E-state index contributed by atoms with van der Waals surface area (Å²) in [6.45, 7) is 5.35. The molecule has 1 saturated heterocycles. The van der Waals surface area contributed by atoms with Gasteiger partial charge in [0, 0.05) is 19.1 Å². The lowest BCUT2D eigenvalue weighted by Gasteiger charge is -2.34. The van der Waals surface area contributed by atoms with Crippen LogP contribution in [0.15, 0.2) is 12.1 Å². The molecular weight excluding hydrogens is 262 g/mol. The number of hydrogen-bond acceptors (Lipinski definition) is 4. The van der Waals surface area contributed by atoms with Gasteiger partial charge in [0.2, 0.25) is 0 Å². The quantitative estimate of drug-likeness (QED) is 0.918. The summed E-state index contributed by atoms with van der Waals surface area (Å²) in [4.78, 5) is 7.01. The predicted octanol–water partition coefficient (Wildman–Crippen LogP) is 2.21. The van der Waals surface area contributed by atoms with Crippen LogP contribution in [0.4, 0.5) is 5.82 Å². The van der Waals surface area contributed by atoms with Crippen LogP contribution >= 0.6 is 11.6 Å². The van der Waals surface area contributed by atoms with Crippen LogP contribution in [0, 0.1) is 0 Å². The van der Waals surface area contributed by atoms with E-state index in [1.54, 1.807) is 0 Å². The molecule has 1 aromatic heterocycles. The number of anilines is 1. The summed E-state index contributed by atoms with van der Waals surface area (Å²) < 4.78 is 5.47. The van der Waals surface area contributed by atoms with E-state index < -0.39 is 0 Å². The first kappa shape index (κ1) is 13.2. The lowest BCUT2D eigenvalue weighted by atomic mass is 10.2. The lowest BCUT2D eigenvalue weighted by molar-refractivity contribution is 0.0985. The van der Waals surface area contributed by atoms with Crippen LogP contribution in [0.2, 0.25) is 5.02 Å². The Balaban J connectivity index is 1.74. The molecule has 0 radical (unpaired) electrons. The molecule has 19 heavy (non-hydrogen) atoms. The van der Waals surface area contributed by atoms with Gasteiger partial charge >= 0.3 is 0 Å².